The van der Waals surface area contributed by atoms with Gasteiger partial charge in [-0.2, -0.15) is 0 Å². The number of rotatable bonds is 16. The molecule has 2 aliphatic rings. The molecule has 0 aliphatic heterocycles. The molecule has 14 nitrogen and oxygen atoms in total. The number of esters is 5. The van der Waals surface area contributed by atoms with Gasteiger partial charge in [-0.1, -0.05) is 37.4 Å². The Hall–Kier alpha value is -7.04. The van der Waals surface area contributed by atoms with Crippen molar-refractivity contribution in [1.82, 2.24) is 9.97 Å². The zero-order chi connectivity index (χ0) is 46.2. The van der Waals surface area contributed by atoms with E-state index in [1.807, 2.05) is 24.3 Å². The van der Waals surface area contributed by atoms with E-state index >= 15 is 0 Å². The summed E-state index contributed by atoms with van der Waals surface area (Å²) in [5.41, 5.74) is 1.90. The summed E-state index contributed by atoms with van der Waals surface area (Å²) in [5, 5.41) is 1.23. The Kier molecular flexibility index (Phi) is 14.4. The topological polar surface area (TPSA) is 184 Å². The van der Waals surface area contributed by atoms with Crippen LogP contribution < -0.4 is 23.7 Å². The Morgan fingerprint density at radius 2 is 1.06 bits per heavy atom. The van der Waals surface area contributed by atoms with Crippen LogP contribution in [0.15, 0.2) is 110 Å². The lowest BCUT2D eigenvalue weighted by Gasteiger charge is -2.26. The van der Waals surface area contributed by atoms with Crippen LogP contribution in [0.3, 0.4) is 0 Å². The molecule has 0 atom stereocenters. The molecular weight excluding hydrogens is 885 g/mol. The molecule has 2 aromatic heterocycles. The number of nitrogens with zero attached hydrogens (tertiary/aromatic N) is 2. The van der Waals surface area contributed by atoms with Crippen LogP contribution in [0.4, 0.5) is 0 Å². The molecule has 2 saturated carbocycles. The summed E-state index contributed by atoms with van der Waals surface area (Å²) < 4.78 is 35.2. The second kappa shape index (κ2) is 20.9. The standard InChI is InChI=1S/C50H44N2O12S2/c1-3-34(53)28-59-35-21-23-37(24-22-35)62-48(56)31-11-15-32(16-12-31)49(57)63-39-25-26-40(44-43(39)52-46(66-44)45-51-38-7-5-6-8-41(38)65-45)64-50(58)33-17-13-30(14-18-33)47(55)61-36-19-9-29(10-20-36)27-60-42(54)4-2/h3-10,19-26,30-33H,1-2,11-18,27-28H2. The minimum Gasteiger partial charge on any atom is -0.485 e. The van der Waals surface area contributed by atoms with Crippen molar-refractivity contribution >= 4 is 78.7 Å². The van der Waals surface area contributed by atoms with Crippen molar-refractivity contribution in [3.63, 3.8) is 0 Å². The summed E-state index contributed by atoms with van der Waals surface area (Å²) >= 11 is 2.75. The number of fused-ring (bicyclic) bond motifs is 2. The molecule has 16 heteroatoms. The lowest BCUT2D eigenvalue weighted by atomic mass is 9.82. The Labute approximate surface area is 387 Å². The molecule has 6 aromatic rings. The maximum Gasteiger partial charge on any atom is 0.330 e. The van der Waals surface area contributed by atoms with Crippen molar-refractivity contribution in [3.8, 4) is 38.8 Å². The van der Waals surface area contributed by atoms with Gasteiger partial charge in [-0.3, -0.25) is 24.0 Å². The predicted octanol–water partition coefficient (Wildman–Crippen LogP) is 9.57. The van der Waals surface area contributed by atoms with Crippen LogP contribution in [0.5, 0.6) is 28.7 Å². The van der Waals surface area contributed by atoms with E-state index in [1.54, 1.807) is 60.7 Å². The first kappa shape index (κ1) is 45.5. The molecule has 2 fully saturated rings. The van der Waals surface area contributed by atoms with Crippen molar-refractivity contribution in [2.45, 2.75) is 58.0 Å². The van der Waals surface area contributed by atoms with Gasteiger partial charge in [0.15, 0.2) is 33.9 Å². The van der Waals surface area contributed by atoms with E-state index in [-0.39, 0.29) is 36.5 Å². The highest BCUT2D eigenvalue weighted by atomic mass is 32.1. The normalized spacial score (nSPS) is 18.1. The van der Waals surface area contributed by atoms with Crippen LogP contribution in [0.25, 0.3) is 30.4 Å². The number of benzene rings is 4. The fraction of sp³-hybridized carbons (Fsp3) is 0.280. The highest BCUT2D eigenvalue weighted by Crippen LogP contribution is 2.44. The Morgan fingerprint density at radius 1 is 0.561 bits per heavy atom. The van der Waals surface area contributed by atoms with Crippen molar-refractivity contribution in [2.24, 2.45) is 23.7 Å². The maximum absolute atomic E-state index is 13.7. The number of hydrogen-bond donors (Lipinski definition) is 0. The average Bonchev–Trinajstić information content (AvgIpc) is 4.00. The van der Waals surface area contributed by atoms with Gasteiger partial charge >= 0.3 is 29.8 Å². The third-order valence-corrected chi connectivity index (χ3v) is 13.7. The summed E-state index contributed by atoms with van der Waals surface area (Å²) in [7, 11) is 0. The Balaban J connectivity index is 0.891. The summed E-state index contributed by atoms with van der Waals surface area (Å²) in [6.07, 6.45) is 5.69. The van der Waals surface area contributed by atoms with Gasteiger partial charge in [-0.15, -0.1) is 22.7 Å². The first-order chi connectivity index (χ1) is 32.0. The quantitative estimate of drug-likeness (QED) is 0.0508. The Morgan fingerprint density at radius 3 is 1.62 bits per heavy atom. The van der Waals surface area contributed by atoms with Gasteiger partial charge in [-0.05, 0) is 124 Å². The fourth-order valence-electron chi connectivity index (χ4n) is 7.77. The smallest absolute Gasteiger partial charge is 0.330 e. The summed E-state index contributed by atoms with van der Waals surface area (Å²) in [6.45, 7) is 6.73. The van der Waals surface area contributed by atoms with Gasteiger partial charge in [0.1, 0.15) is 34.1 Å². The van der Waals surface area contributed by atoms with Gasteiger partial charge in [0, 0.05) is 6.08 Å². The second-order valence-corrected chi connectivity index (χ2v) is 17.9. The molecule has 0 radical (unpaired) electrons. The van der Waals surface area contributed by atoms with E-state index in [9.17, 15) is 28.8 Å². The highest BCUT2D eigenvalue weighted by Gasteiger charge is 2.35. The van der Waals surface area contributed by atoms with E-state index in [0.29, 0.717) is 88.8 Å². The SMILES string of the molecule is C=CC(=O)COc1ccc(OC(=O)C2CCC(C(=O)Oc3ccc(OC(=O)C4CCC(C(=O)Oc5ccc(COC(=O)C=C)cc5)CC4)c4sc(-c5nc6ccccc6s5)nc34)CC2)cc1. The molecule has 0 unspecified atom stereocenters. The second-order valence-electron chi connectivity index (χ2n) is 15.9. The van der Waals surface area contributed by atoms with E-state index in [0.717, 1.165) is 21.9 Å². The summed E-state index contributed by atoms with van der Waals surface area (Å²) in [5.74, 6) is -2.52. The van der Waals surface area contributed by atoms with Gasteiger partial charge < -0.3 is 28.4 Å². The zero-order valence-electron chi connectivity index (χ0n) is 35.6. The predicted molar refractivity (Wildman–Crippen MR) is 245 cm³/mol. The lowest BCUT2D eigenvalue weighted by Crippen LogP contribution is -2.30. The molecular formula is C50H44N2O12S2. The van der Waals surface area contributed by atoms with Gasteiger partial charge in [0.05, 0.1) is 33.9 Å². The van der Waals surface area contributed by atoms with E-state index in [4.69, 9.17) is 38.4 Å². The van der Waals surface area contributed by atoms with Crippen LogP contribution in [-0.2, 0) is 40.1 Å². The third kappa shape index (κ3) is 11.1. The fourth-order valence-corrected chi connectivity index (χ4v) is 9.79. The van der Waals surface area contributed by atoms with E-state index in [2.05, 4.69) is 13.2 Å². The van der Waals surface area contributed by atoms with Crippen molar-refractivity contribution in [3.05, 3.63) is 116 Å². The summed E-state index contributed by atoms with van der Waals surface area (Å²) in [4.78, 5) is 86.0. The lowest BCUT2D eigenvalue weighted by molar-refractivity contribution is -0.145. The molecule has 2 heterocycles. The zero-order valence-corrected chi connectivity index (χ0v) is 37.3. The van der Waals surface area contributed by atoms with Gasteiger partial charge in [0.2, 0.25) is 0 Å². The van der Waals surface area contributed by atoms with Gasteiger partial charge in [0.25, 0.3) is 0 Å². The minimum atomic E-state index is -0.531. The molecule has 0 bridgehead atoms. The highest BCUT2D eigenvalue weighted by molar-refractivity contribution is 7.28. The van der Waals surface area contributed by atoms with Crippen LogP contribution in [-0.4, -0.2) is 52.2 Å². The van der Waals surface area contributed by atoms with Gasteiger partial charge in [-0.25, -0.2) is 14.8 Å². The number of carbonyl (C=O) groups excluding carboxylic acids is 6. The monoisotopic (exact) mass is 928 g/mol. The molecule has 338 valence electrons. The number of ether oxygens (including phenoxy) is 6. The number of aromatic nitrogens is 2. The molecule has 0 N–H and O–H groups in total. The molecule has 0 saturated heterocycles. The molecule has 2 aliphatic carbocycles. The van der Waals surface area contributed by atoms with Crippen LogP contribution in [0.2, 0.25) is 0 Å². The first-order valence-corrected chi connectivity index (χ1v) is 23.1. The first-order valence-electron chi connectivity index (χ1n) is 21.5. The van der Waals surface area contributed by atoms with Crippen LogP contribution in [0.1, 0.15) is 56.9 Å². The van der Waals surface area contributed by atoms with Crippen LogP contribution >= 0.6 is 22.7 Å². The average molecular weight is 929 g/mol. The maximum atomic E-state index is 13.7. The third-order valence-electron chi connectivity index (χ3n) is 11.5. The molecule has 4 aromatic carbocycles. The molecule has 0 spiro atoms. The van der Waals surface area contributed by atoms with Crippen molar-refractivity contribution in [1.29, 1.82) is 0 Å². The van der Waals surface area contributed by atoms with E-state index < -0.39 is 47.5 Å². The molecule has 0 amide bonds. The number of carbonyl (C=O) groups is 6. The number of hydrogen-bond acceptors (Lipinski definition) is 16. The summed E-state index contributed by atoms with van der Waals surface area (Å²) in [6, 6.07) is 24.0. The number of thiazole rings is 2. The largest absolute Gasteiger partial charge is 0.485 e. The minimum absolute atomic E-state index is 0.0690. The van der Waals surface area contributed by atoms with E-state index in [1.165, 1.54) is 28.7 Å². The molecule has 66 heavy (non-hydrogen) atoms. The van der Waals surface area contributed by atoms with Crippen LogP contribution in [0, 0.1) is 23.7 Å². The van der Waals surface area contributed by atoms with Crippen molar-refractivity contribution in [2.75, 3.05) is 6.61 Å². The Bertz CT molecular complexity index is 2610. The number of ketones is 1. The molecule has 8 rings (SSSR count). The van der Waals surface area contributed by atoms with Crippen molar-refractivity contribution < 1.29 is 57.2 Å². The number of para-hydroxylation sites is 1.